The third kappa shape index (κ3) is 4.25. The molecule has 1 N–H and O–H groups in total. The second kappa shape index (κ2) is 8.55. The molecular formula is C22H21FN4O4. The highest BCUT2D eigenvalue weighted by Gasteiger charge is 2.35. The lowest BCUT2D eigenvalue weighted by Gasteiger charge is -2.17. The molecule has 0 spiro atoms. The smallest absolute Gasteiger partial charge is 0.261 e. The number of aromatic nitrogens is 2. The molecule has 0 radical (unpaired) electrons. The molecule has 1 aromatic heterocycles. The van der Waals surface area contributed by atoms with Gasteiger partial charge in [0.25, 0.3) is 5.56 Å². The van der Waals surface area contributed by atoms with Crippen molar-refractivity contribution in [1.82, 2.24) is 14.9 Å². The minimum absolute atomic E-state index is 0.111. The number of halogens is 1. The first-order chi connectivity index (χ1) is 15.0. The summed E-state index contributed by atoms with van der Waals surface area (Å²) in [5.41, 5.74) is 0.716. The van der Waals surface area contributed by atoms with Crippen LogP contribution in [0.1, 0.15) is 6.42 Å². The van der Waals surface area contributed by atoms with Crippen molar-refractivity contribution in [2.45, 2.75) is 13.0 Å². The van der Waals surface area contributed by atoms with Gasteiger partial charge in [0.05, 0.1) is 30.3 Å². The normalized spacial score (nSPS) is 16.0. The number of methoxy groups -OCH3 is 1. The van der Waals surface area contributed by atoms with Crippen molar-refractivity contribution in [2.75, 3.05) is 25.1 Å². The number of nitrogens with one attached hydrogen (secondary N) is 1. The Labute approximate surface area is 177 Å². The van der Waals surface area contributed by atoms with Gasteiger partial charge in [-0.05, 0) is 30.3 Å². The molecule has 0 saturated carbocycles. The lowest BCUT2D eigenvalue weighted by Crippen LogP contribution is -2.36. The summed E-state index contributed by atoms with van der Waals surface area (Å²) >= 11 is 0. The Balaban J connectivity index is 1.37. The van der Waals surface area contributed by atoms with Gasteiger partial charge in [-0.1, -0.05) is 6.07 Å². The summed E-state index contributed by atoms with van der Waals surface area (Å²) in [5, 5.41) is 2.96. The highest BCUT2D eigenvalue weighted by molar-refractivity contribution is 6.00. The molecular weight excluding hydrogens is 403 g/mol. The van der Waals surface area contributed by atoms with Crippen molar-refractivity contribution in [2.24, 2.45) is 5.92 Å². The van der Waals surface area contributed by atoms with E-state index >= 15 is 0 Å². The van der Waals surface area contributed by atoms with Crippen molar-refractivity contribution >= 4 is 28.4 Å². The molecule has 160 valence electrons. The van der Waals surface area contributed by atoms with E-state index in [4.69, 9.17) is 4.74 Å². The fourth-order valence-corrected chi connectivity index (χ4v) is 3.65. The van der Waals surface area contributed by atoms with Crippen LogP contribution in [0.15, 0.2) is 53.6 Å². The molecule has 1 unspecified atom stereocenters. The molecule has 1 fully saturated rings. The quantitative estimate of drug-likeness (QED) is 0.650. The number of carbonyl (C=O) groups is 2. The molecule has 8 nitrogen and oxygen atoms in total. The fraction of sp³-hybridized carbons (Fsp3) is 0.273. The van der Waals surface area contributed by atoms with Gasteiger partial charge >= 0.3 is 0 Å². The number of hydrogen-bond acceptors (Lipinski definition) is 5. The summed E-state index contributed by atoms with van der Waals surface area (Å²) < 4.78 is 20.0. The number of fused-ring (bicyclic) bond motifs is 1. The summed E-state index contributed by atoms with van der Waals surface area (Å²) in [6.45, 7) is 0.643. The lowest BCUT2D eigenvalue weighted by atomic mass is 10.1. The summed E-state index contributed by atoms with van der Waals surface area (Å²) in [6, 6.07) is 11.0. The van der Waals surface area contributed by atoms with Gasteiger partial charge in [-0.25, -0.2) is 9.37 Å². The van der Waals surface area contributed by atoms with Crippen LogP contribution in [0.5, 0.6) is 5.75 Å². The van der Waals surface area contributed by atoms with Crippen LogP contribution in [-0.2, 0) is 16.1 Å². The largest absolute Gasteiger partial charge is 0.497 e. The molecule has 3 aromatic rings. The first-order valence-electron chi connectivity index (χ1n) is 9.83. The number of ether oxygens (including phenoxy) is 1. The van der Waals surface area contributed by atoms with Gasteiger partial charge in [-0.2, -0.15) is 0 Å². The van der Waals surface area contributed by atoms with Crippen molar-refractivity contribution in [3.63, 3.8) is 0 Å². The van der Waals surface area contributed by atoms with E-state index < -0.39 is 11.7 Å². The van der Waals surface area contributed by atoms with Gasteiger partial charge in [0.2, 0.25) is 11.8 Å². The molecule has 1 saturated heterocycles. The van der Waals surface area contributed by atoms with Crippen LogP contribution in [-0.4, -0.2) is 41.6 Å². The number of carbonyl (C=O) groups excluding carboxylic acids is 2. The van der Waals surface area contributed by atoms with Crippen LogP contribution < -0.4 is 20.5 Å². The van der Waals surface area contributed by atoms with E-state index in [-0.39, 0.29) is 48.8 Å². The Kier molecular flexibility index (Phi) is 5.66. The third-order valence-corrected chi connectivity index (χ3v) is 5.30. The van der Waals surface area contributed by atoms with Gasteiger partial charge < -0.3 is 15.0 Å². The number of anilines is 1. The van der Waals surface area contributed by atoms with E-state index in [1.807, 2.05) is 0 Å². The zero-order valence-corrected chi connectivity index (χ0v) is 16.9. The second-order valence-corrected chi connectivity index (χ2v) is 7.30. The SMILES string of the molecule is COc1cccc(N2CC(C(=O)NCCn3cnc4ccc(F)cc4c3=O)CC2=O)c1. The van der Waals surface area contributed by atoms with Crippen LogP contribution in [0.2, 0.25) is 0 Å². The van der Waals surface area contributed by atoms with E-state index in [2.05, 4.69) is 10.3 Å². The zero-order chi connectivity index (χ0) is 22.0. The number of amides is 2. The molecule has 31 heavy (non-hydrogen) atoms. The highest BCUT2D eigenvalue weighted by Crippen LogP contribution is 2.27. The second-order valence-electron chi connectivity index (χ2n) is 7.30. The average molecular weight is 424 g/mol. The van der Waals surface area contributed by atoms with Crippen LogP contribution in [0.4, 0.5) is 10.1 Å². The maximum Gasteiger partial charge on any atom is 0.261 e. The van der Waals surface area contributed by atoms with E-state index in [0.29, 0.717) is 17.0 Å². The minimum Gasteiger partial charge on any atom is -0.497 e. The molecule has 1 aliphatic rings. The van der Waals surface area contributed by atoms with Crippen LogP contribution in [0.25, 0.3) is 10.9 Å². The molecule has 2 amide bonds. The van der Waals surface area contributed by atoms with E-state index in [0.717, 1.165) is 6.07 Å². The molecule has 2 aromatic carbocycles. The number of hydrogen-bond donors (Lipinski definition) is 1. The topological polar surface area (TPSA) is 93.5 Å². The number of nitrogens with zero attached hydrogens (tertiary/aromatic N) is 3. The zero-order valence-electron chi connectivity index (χ0n) is 16.9. The summed E-state index contributed by atoms with van der Waals surface area (Å²) in [5.74, 6) is -0.757. The average Bonchev–Trinajstić information content (AvgIpc) is 3.17. The van der Waals surface area contributed by atoms with Crippen molar-refractivity contribution < 1.29 is 18.7 Å². The molecule has 0 bridgehead atoms. The predicted molar refractivity (Wildman–Crippen MR) is 112 cm³/mol. The summed E-state index contributed by atoms with van der Waals surface area (Å²) in [6.07, 6.45) is 1.48. The third-order valence-electron chi connectivity index (χ3n) is 5.30. The van der Waals surface area contributed by atoms with Gasteiger partial charge in [-0.3, -0.25) is 19.0 Å². The Morgan fingerprint density at radius 2 is 2.10 bits per heavy atom. The predicted octanol–water partition coefficient (Wildman–Crippen LogP) is 1.71. The first kappa shape index (κ1) is 20.5. The van der Waals surface area contributed by atoms with Crippen molar-refractivity contribution in [1.29, 1.82) is 0 Å². The summed E-state index contributed by atoms with van der Waals surface area (Å²) in [4.78, 5) is 43.2. The molecule has 1 aliphatic heterocycles. The van der Waals surface area contributed by atoms with Gasteiger partial charge in [0.1, 0.15) is 11.6 Å². The molecule has 4 rings (SSSR count). The molecule has 9 heteroatoms. The Morgan fingerprint density at radius 1 is 1.26 bits per heavy atom. The molecule has 2 heterocycles. The molecule has 0 aliphatic carbocycles. The van der Waals surface area contributed by atoms with Crippen LogP contribution in [0.3, 0.4) is 0 Å². The number of benzene rings is 2. The first-order valence-corrected chi connectivity index (χ1v) is 9.83. The maximum absolute atomic E-state index is 13.4. The van der Waals surface area contributed by atoms with E-state index in [1.54, 1.807) is 36.3 Å². The highest BCUT2D eigenvalue weighted by atomic mass is 19.1. The maximum atomic E-state index is 13.4. The van der Waals surface area contributed by atoms with Crippen LogP contribution >= 0.6 is 0 Å². The summed E-state index contributed by atoms with van der Waals surface area (Å²) in [7, 11) is 1.55. The lowest BCUT2D eigenvalue weighted by molar-refractivity contribution is -0.126. The van der Waals surface area contributed by atoms with Crippen molar-refractivity contribution in [3.05, 3.63) is 65.0 Å². The minimum atomic E-state index is -0.510. The van der Waals surface area contributed by atoms with E-state index in [1.165, 1.54) is 23.0 Å². The number of rotatable bonds is 6. The van der Waals surface area contributed by atoms with Crippen molar-refractivity contribution in [3.8, 4) is 5.75 Å². The monoisotopic (exact) mass is 424 g/mol. The van der Waals surface area contributed by atoms with Gasteiger partial charge in [0.15, 0.2) is 0 Å². The Hall–Kier alpha value is -3.75. The molecule has 1 atom stereocenters. The standard InChI is InChI=1S/C22H21FN4O4/c1-31-17-4-2-3-16(11-17)27-12-14(9-20(27)28)21(29)24-7-8-26-13-25-19-6-5-15(23)10-18(19)22(26)30/h2-6,10-11,13-14H,7-9,12H2,1H3,(H,24,29). The van der Waals surface area contributed by atoms with Gasteiger partial charge in [-0.15, -0.1) is 0 Å². The Bertz CT molecular complexity index is 1210. The Morgan fingerprint density at radius 3 is 2.90 bits per heavy atom. The van der Waals surface area contributed by atoms with Gasteiger partial charge in [0, 0.05) is 37.8 Å². The van der Waals surface area contributed by atoms with Crippen LogP contribution in [0, 0.1) is 11.7 Å². The fourth-order valence-electron chi connectivity index (χ4n) is 3.65. The van der Waals surface area contributed by atoms with E-state index in [9.17, 15) is 18.8 Å².